The first kappa shape index (κ1) is 12.2. The van der Waals surface area contributed by atoms with E-state index in [9.17, 15) is 8.42 Å². The summed E-state index contributed by atoms with van der Waals surface area (Å²) in [6.07, 6.45) is 3.75. The van der Waals surface area contributed by atoms with E-state index in [0.717, 1.165) is 6.54 Å². The summed E-state index contributed by atoms with van der Waals surface area (Å²) in [5.41, 5.74) is 6.75. The molecule has 0 heterocycles. The van der Waals surface area contributed by atoms with E-state index in [1.54, 1.807) is 6.07 Å². The highest BCUT2D eigenvalue weighted by Crippen LogP contribution is 2.27. The molecule has 5 N–H and O–H groups in total. The summed E-state index contributed by atoms with van der Waals surface area (Å²) in [4.78, 5) is 0.0496. The molecule has 0 saturated heterocycles. The third kappa shape index (κ3) is 3.10. The molecule has 1 saturated carbocycles. The zero-order valence-corrected chi connectivity index (χ0v) is 10.3. The second kappa shape index (κ2) is 4.54. The average Bonchev–Trinajstić information content (AvgIpc) is 2.13. The van der Waals surface area contributed by atoms with Crippen molar-refractivity contribution in [3.8, 4) is 0 Å². The van der Waals surface area contributed by atoms with E-state index in [4.69, 9.17) is 10.9 Å². The number of nitrogen functional groups attached to an aromatic ring is 1. The standard InChI is InChI=1S/C11H17N3O2S/c12-9-4-10(14-7-8-2-1-3-8)6-11(5-9)17(13,15)16/h4-6,8,14H,1-3,7,12H2,(H2,13,15,16). The highest BCUT2D eigenvalue weighted by Gasteiger charge is 2.17. The molecule has 0 bridgehead atoms. The third-order valence-corrected chi connectivity index (χ3v) is 3.97. The monoisotopic (exact) mass is 255 g/mol. The Kier molecular flexibility index (Phi) is 3.26. The van der Waals surface area contributed by atoms with Gasteiger partial charge in [0.2, 0.25) is 10.0 Å². The lowest BCUT2D eigenvalue weighted by molar-refractivity contribution is 0.333. The van der Waals surface area contributed by atoms with Crippen LogP contribution in [0.3, 0.4) is 0 Å². The summed E-state index contributed by atoms with van der Waals surface area (Å²) < 4.78 is 22.5. The average molecular weight is 255 g/mol. The van der Waals surface area contributed by atoms with Gasteiger partial charge in [-0.2, -0.15) is 0 Å². The third-order valence-electron chi connectivity index (χ3n) is 3.08. The van der Waals surface area contributed by atoms with Crippen LogP contribution in [0, 0.1) is 5.92 Å². The number of benzene rings is 1. The number of anilines is 2. The summed E-state index contributed by atoms with van der Waals surface area (Å²) in [5.74, 6) is 0.689. The fourth-order valence-corrected chi connectivity index (χ4v) is 2.44. The summed E-state index contributed by atoms with van der Waals surface area (Å²) >= 11 is 0. The molecule has 0 aromatic heterocycles. The topological polar surface area (TPSA) is 98.2 Å². The van der Waals surface area contributed by atoms with Gasteiger partial charge in [-0.1, -0.05) is 6.42 Å². The molecule has 0 amide bonds. The molecule has 2 rings (SSSR count). The maximum absolute atomic E-state index is 11.2. The number of primary sulfonamides is 1. The van der Waals surface area contributed by atoms with Crippen molar-refractivity contribution in [3.63, 3.8) is 0 Å². The van der Waals surface area contributed by atoms with Gasteiger partial charge in [-0.25, -0.2) is 13.6 Å². The van der Waals surface area contributed by atoms with Crippen molar-refractivity contribution in [2.24, 2.45) is 11.1 Å². The smallest absolute Gasteiger partial charge is 0.238 e. The van der Waals surface area contributed by atoms with Gasteiger partial charge in [0.25, 0.3) is 0 Å². The summed E-state index contributed by atoms with van der Waals surface area (Å²) in [6, 6.07) is 4.60. The van der Waals surface area contributed by atoms with E-state index in [0.29, 0.717) is 17.3 Å². The van der Waals surface area contributed by atoms with Crippen molar-refractivity contribution >= 4 is 21.4 Å². The van der Waals surface area contributed by atoms with Crippen LogP contribution in [0.2, 0.25) is 0 Å². The maximum atomic E-state index is 11.2. The fraction of sp³-hybridized carbons (Fsp3) is 0.455. The van der Waals surface area contributed by atoms with E-state index < -0.39 is 10.0 Å². The van der Waals surface area contributed by atoms with E-state index >= 15 is 0 Å². The molecule has 0 unspecified atom stereocenters. The second-order valence-electron chi connectivity index (χ2n) is 4.51. The molecule has 17 heavy (non-hydrogen) atoms. The summed E-state index contributed by atoms with van der Waals surface area (Å²) in [5, 5.41) is 8.28. The first-order valence-electron chi connectivity index (χ1n) is 5.62. The molecular formula is C11H17N3O2S. The van der Waals surface area contributed by atoms with E-state index in [1.807, 2.05) is 0 Å². The van der Waals surface area contributed by atoms with Gasteiger partial charge in [0.05, 0.1) is 4.90 Å². The van der Waals surface area contributed by atoms with Crippen LogP contribution in [-0.4, -0.2) is 15.0 Å². The largest absolute Gasteiger partial charge is 0.399 e. The molecule has 6 heteroatoms. The van der Waals surface area contributed by atoms with Crippen molar-refractivity contribution in [2.75, 3.05) is 17.6 Å². The molecule has 0 radical (unpaired) electrons. The SMILES string of the molecule is Nc1cc(NCC2CCC2)cc(S(N)(=O)=O)c1. The van der Waals surface area contributed by atoms with Crippen molar-refractivity contribution in [1.82, 2.24) is 0 Å². The highest BCUT2D eigenvalue weighted by atomic mass is 32.2. The Morgan fingerprint density at radius 2 is 2.00 bits per heavy atom. The van der Waals surface area contributed by atoms with Gasteiger partial charge < -0.3 is 11.1 Å². The molecule has 1 aliphatic carbocycles. The molecule has 94 valence electrons. The van der Waals surface area contributed by atoms with Gasteiger partial charge in [-0.05, 0) is 37.0 Å². The second-order valence-corrected chi connectivity index (χ2v) is 6.07. The fourth-order valence-electron chi connectivity index (χ4n) is 1.85. The summed E-state index contributed by atoms with van der Waals surface area (Å²) in [7, 11) is -3.70. The van der Waals surface area contributed by atoms with Gasteiger partial charge in [0.1, 0.15) is 0 Å². The molecule has 5 nitrogen and oxygen atoms in total. The molecule has 0 spiro atoms. The molecule has 1 aromatic carbocycles. The van der Waals surface area contributed by atoms with Gasteiger partial charge in [-0.15, -0.1) is 0 Å². The first-order chi connectivity index (χ1) is 7.95. The molecule has 1 aromatic rings. The number of hydrogen-bond donors (Lipinski definition) is 3. The number of nitrogens with two attached hydrogens (primary N) is 2. The van der Waals surface area contributed by atoms with Crippen LogP contribution in [-0.2, 0) is 10.0 Å². The molecule has 1 fully saturated rings. The summed E-state index contributed by atoms with van der Waals surface area (Å²) in [6.45, 7) is 0.855. The number of rotatable bonds is 4. The predicted molar refractivity (Wildman–Crippen MR) is 68.1 cm³/mol. The molecule has 1 aliphatic rings. The Morgan fingerprint density at radius 3 is 2.53 bits per heavy atom. The molecule has 0 aliphatic heterocycles. The van der Waals surface area contributed by atoms with E-state index in [1.165, 1.54) is 31.4 Å². The zero-order valence-electron chi connectivity index (χ0n) is 9.52. The van der Waals surface area contributed by atoms with Crippen LogP contribution in [0.15, 0.2) is 23.1 Å². The van der Waals surface area contributed by atoms with Crippen molar-refractivity contribution in [2.45, 2.75) is 24.2 Å². The first-order valence-corrected chi connectivity index (χ1v) is 7.17. The van der Waals surface area contributed by atoms with Gasteiger partial charge >= 0.3 is 0 Å². The van der Waals surface area contributed by atoms with Crippen molar-refractivity contribution in [1.29, 1.82) is 0 Å². The molecule has 0 atom stereocenters. The zero-order chi connectivity index (χ0) is 12.5. The van der Waals surface area contributed by atoms with E-state index in [-0.39, 0.29) is 4.90 Å². The Labute approximate surface area is 101 Å². The number of hydrogen-bond acceptors (Lipinski definition) is 4. The van der Waals surface area contributed by atoms with Crippen LogP contribution < -0.4 is 16.2 Å². The lowest BCUT2D eigenvalue weighted by atomic mass is 9.85. The van der Waals surface area contributed by atoms with Crippen LogP contribution in [0.4, 0.5) is 11.4 Å². The van der Waals surface area contributed by atoms with Gasteiger partial charge in [0, 0.05) is 17.9 Å². The highest BCUT2D eigenvalue weighted by molar-refractivity contribution is 7.89. The van der Waals surface area contributed by atoms with Crippen LogP contribution in [0.1, 0.15) is 19.3 Å². The lowest BCUT2D eigenvalue weighted by Gasteiger charge is -2.26. The predicted octanol–water partition coefficient (Wildman–Crippen LogP) is 1.13. The van der Waals surface area contributed by atoms with Crippen molar-refractivity contribution in [3.05, 3.63) is 18.2 Å². The van der Waals surface area contributed by atoms with Gasteiger partial charge in [0.15, 0.2) is 0 Å². The normalized spacial score (nSPS) is 16.5. The minimum Gasteiger partial charge on any atom is -0.399 e. The Bertz CT molecular complexity index is 509. The Hall–Kier alpha value is -1.27. The van der Waals surface area contributed by atoms with Crippen LogP contribution >= 0.6 is 0 Å². The number of sulfonamides is 1. The van der Waals surface area contributed by atoms with Crippen LogP contribution in [0.25, 0.3) is 0 Å². The number of nitrogens with one attached hydrogen (secondary N) is 1. The van der Waals surface area contributed by atoms with Gasteiger partial charge in [-0.3, -0.25) is 0 Å². The van der Waals surface area contributed by atoms with Crippen LogP contribution in [0.5, 0.6) is 0 Å². The molecular weight excluding hydrogens is 238 g/mol. The minimum absolute atomic E-state index is 0.0496. The Morgan fingerprint density at radius 1 is 1.29 bits per heavy atom. The minimum atomic E-state index is -3.70. The quantitative estimate of drug-likeness (QED) is 0.702. The Balaban J connectivity index is 2.13. The van der Waals surface area contributed by atoms with E-state index in [2.05, 4.69) is 5.32 Å². The van der Waals surface area contributed by atoms with Crippen molar-refractivity contribution < 1.29 is 8.42 Å². The lowest BCUT2D eigenvalue weighted by Crippen LogP contribution is -2.21. The maximum Gasteiger partial charge on any atom is 0.238 e.